The molecule has 3 N–H and O–H groups in total. The maximum Gasteiger partial charge on any atom is 0.254 e. The van der Waals surface area contributed by atoms with E-state index in [1.165, 1.54) is 28.6 Å². The van der Waals surface area contributed by atoms with Crippen molar-refractivity contribution in [2.75, 3.05) is 20.1 Å². The van der Waals surface area contributed by atoms with Crippen molar-refractivity contribution in [1.29, 1.82) is 0 Å². The lowest BCUT2D eigenvalue weighted by Gasteiger charge is -2.34. The van der Waals surface area contributed by atoms with Gasteiger partial charge in [-0.15, -0.1) is 0 Å². The van der Waals surface area contributed by atoms with Crippen molar-refractivity contribution in [2.45, 2.75) is 31.0 Å². The first-order valence-electron chi connectivity index (χ1n) is 9.53. The van der Waals surface area contributed by atoms with Gasteiger partial charge in [-0.2, -0.15) is 0 Å². The number of aliphatic hydroxyl groups excluding tert-OH is 2. The van der Waals surface area contributed by atoms with Gasteiger partial charge in [0.2, 0.25) is 0 Å². The van der Waals surface area contributed by atoms with Crippen molar-refractivity contribution < 1.29 is 19.8 Å². The fourth-order valence-electron chi connectivity index (χ4n) is 3.65. The van der Waals surface area contributed by atoms with Crippen LogP contribution in [-0.4, -0.2) is 59.3 Å². The van der Waals surface area contributed by atoms with E-state index in [0.717, 1.165) is 12.8 Å². The molecule has 0 aromatic heterocycles. The smallest absolute Gasteiger partial charge is 0.254 e. The number of hydrogen-bond donors (Lipinski definition) is 3. The summed E-state index contributed by atoms with van der Waals surface area (Å²) >= 11 is 0. The quantitative estimate of drug-likeness (QED) is 0.732. The summed E-state index contributed by atoms with van der Waals surface area (Å²) in [6.07, 6.45) is -1.95. The summed E-state index contributed by atoms with van der Waals surface area (Å²) < 4.78 is 0. The van der Waals surface area contributed by atoms with Crippen molar-refractivity contribution in [3.8, 4) is 11.1 Å². The highest BCUT2D eigenvalue weighted by Crippen LogP contribution is 2.31. The van der Waals surface area contributed by atoms with Crippen LogP contribution in [0.5, 0.6) is 0 Å². The fourth-order valence-corrected chi connectivity index (χ4v) is 3.65. The van der Waals surface area contributed by atoms with Gasteiger partial charge in [-0.25, -0.2) is 0 Å². The Balaban J connectivity index is 1.63. The average Bonchev–Trinajstić information content (AvgIpc) is 2.77. The average molecular weight is 382 g/mol. The zero-order valence-electron chi connectivity index (χ0n) is 15.9. The number of carbonyl (C=O) groups is 2. The molecule has 1 saturated heterocycles. The van der Waals surface area contributed by atoms with E-state index in [0.29, 0.717) is 19.0 Å². The van der Waals surface area contributed by atoms with Gasteiger partial charge in [0.05, 0.1) is 0 Å². The van der Waals surface area contributed by atoms with Gasteiger partial charge in [-0.3, -0.25) is 9.59 Å². The monoisotopic (exact) mass is 382 g/mol. The number of nitrogens with one attached hydrogen (secondary N) is 1. The first-order chi connectivity index (χ1) is 13.5. The van der Waals surface area contributed by atoms with Crippen LogP contribution in [-0.2, 0) is 9.59 Å². The number of benzene rings is 2. The van der Waals surface area contributed by atoms with Crippen LogP contribution in [0.15, 0.2) is 54.6 Å². The van der Waals surface area contributed by atoms with E-state index in [1.54, 1.807) is 0 Å². The highest BCUT2D eigenvalue weighted by Gasteiger charge is 2.34. The van der Waals surface area contributed by atoms with E-state index >= 15 is 0 Å². The lowest BCUT2D eigenvalue weighted by Crippen LogP contribution is -2.51. The number of likely N-dealkylation sites (N-methyl/N-ethyl adjacent to an activating group) is 1. The van der Waals surface area contributed by atoms with Gasteiger partial charge in [0.25, 0.3) is 11.8 Å². The fraction of sp³-hybridized carbons (Fsp3) is 0.364. The van der Waals surface area contributed by atoms with E-state index in [2.05, 4.69) is 41.7 Å². The Hall–Kier alpha value is -2.70. The molecule has 1 aliphatic heterocycles. The number of hydrogen-bond acceptors (Lipinski definition) is 4. The third-order valence-corrected chi connectivity index (χ3v) is 5.34. The second kappa shape index (κ2) is 8.99. The topological polar surface area (TPSA) is 89.9 Å². The number of amides is 2. The van der Waals surface area contributed by atoms with Crippen LogP contribution in [0.25, 0.3) is 11.1 Å². The molecular formula is C22H26N2O4. The summed E-state index contributed by atoms with van der Waals surface area (Å²) in [7, 11) is 1.35. The van der Waals surface area contributed by atoms with Gasteiger partial charge < -0.3 is 20.4 Å². The predicted octanol–water partition coefficient (Wildman–Crippen LogP) is 1.53. The van der Waals surface area contributed by atoms with Crippen molar-refractivity contribution in [1.82, 2.24) is 10.2 Å². The molecule has 0 saturated carbocycles. The largest absolute Gasteiger partial charge is 0.380 e. The minimum Gasteiger partial charge on any atom is -0.380 e. The van der Waals surface area contributed by atoms with E-state index in [4.69, 9.17) is 0 Å². The van der Waals surface area contributed by atoms with Crippen molar-refractivity contribution in [3.63, 3.8) is 0 Å². The molecule has 1 heterocycles. The van der Waals surface area contributed by atoms with Crippen LogP contribution in [0.1, 0.15) is 24.3 Å². The van der Waals surface area contributed by atoms with Gasteiger partial charge in [0.15, 0.2) is 12.2 Å². The molecule has 1 fully saturated rings. The maximum atomic E-state index is 12.4. The Labute approximate surface area is 164 Å². The van der Waals surface area contributed by atoms with Crippen LogP contribution in [0, 0.1) is 0 Å². The van der Waals surface area contributed by atoms with E-state index < -0.39 is 24.0 Å². The Bertz CT molecular complexity index is 816. The summed E-state index contributed by atoms with van der Waals surface area (Å²) in [5.41, 5.74) is 3.57. The molecule has 148 valence electrons. The number of carbonyl (C=O) groups excluding carboxylic acids is 2. The van der Waals surface area contributed by atoms with E-state index in [-0.39, 0.29) is 0 Å². The number of rotatable bonds is 5. The Morgan fingerprint density at radius 2 is 1.61 bits per heavy atom. The summed E-state index contributed by atoms with van der Waals surface area (Å²) in [5.74, 6) is -1.05. The second-order valence-corrected chi connectivity index (χ2v) is 7.09. The molecule has 0 radical (unpaired) electrons. The Kier molecular flexibility index (Phi) is 6.44. The van der Waals surface area contributed by atoms with Gasteiger partial charge >= 0.3 is 0 Å². The van der Waals surface area contributed by atoms with Crippen LogP contribution in [0.4, 0.5) is 0 Å². The molecule has 1 aliphatic rings. The molecule has 2 unspecified atom stereocenters. The lowest BCUT2D eigenvalue weighted by atomic mass is 9.87. The highest BCUT2D eigenvalue weighted by atomic mass is 16.3. The van der Waals surface area contributed by atoms with Gasteiger partial charge in [-0.05, 0) is 35.4 Å². The highest BCUT2D eigenvalue weighted by molar-refractivity contribution is 5.90. The third-order valence-electron chi connectivity index (χ3n) is 5.34. The zero-order chi connectivity index (χ0) is 20.1. The first kappa shape index (κ1) is 20.0. The summed E-state index contributed by atoms with van der Waals surface area (Å²) in [4.78, 5) is 25.3. The molecular weight excluding hydrogens is 356 g/mol. The van der Waals surface area contributed by atoms with Gasteiger partial charge in [0, 0.05) is 20.1 Å². The molecule has 2 amide bonds. The molecule has 28 heavy (non-hydrogen) atoms. The van der Waals surface area contributed by atoms with Crippen molar-refractivity contribution in [3.05, 3.63) is 60.2 Å². The molecule has 0 spiro atoms. The second-order valence-electron chi connectivity index (χ2n) is 7.09. The van der Waals surface area contributed by atoms with Gasteiger partial charge in [-0.1, -0.05) is 54.6 Å². The zero-order valence-corrected chi connectivity index (χ0v) is 15.9. The Morgan fingerprint density at radius 1 is 0.964 bits per heavy atom. The van der Waals surface area contributed by atoms with Gasteiger partial charge in [0.1, 0.15) is 0 Å². The van der Waals surface area contributed by atoms with Crippen LogP contribution in [0.2, 0.25) is 0 Å². The van der Waals surface area contributed by atoms with Crippen LogP contribution >= 0.6 is 0 Å². The normalized spacial score (nSPS) is 17.0. The molecule has 2 aromatic rings. The van der Waals surface area contributed by atoms with E-state index in [9.17, 15) is 19.8 Å². The number of nitrogens with zero attached hydrogens (tertiary/aromatic N) is 1. The number of piperidine rings is 1. The van der Waals surface area contributed by atoms with Crippen LogP contribution in [0.3, 0.4) is 0 Å². The molecule has 2 aromatic carbocycles. The molecule has 0 aliphatic carbocycles. The minimum absolute atomic E-state index is 0.328. The maximum absolute atomic E-state index is 12.4. The number of likely N-dealkylation sites (tertiary alicyclic amines) is 1. The molecule has 6 heteroatoms. The number of aliphatic hydroxyl groups is 2. The minimum atomic E-state index is -1.75. The van der Waals surface area contributed by atoms with Crippen molar-refractivity contribution in [2.24, 2.45) is 0 Å². The SMILES string of the molecule is CNC(=O)C(O)C(O)C(=O)N1CCC(c2cccc(-c3ccccc3)c2)CC1. The molecule has 6 nitrogen and oxygen atoms in total. The van der Waals surface area contributed by atoms with Crippen molar-refractivity contribution >= 4 is 11.8 Å². The Morgan fingerprint density at radius 3 is 2.25 bits per heavy atom. The van der Waals surface area contributed by atoms with Crippen LogP contribution < -0.4 is 5.32 Å². The third kappa shape index (κ3) is 4.40. The molecule has 3 rings (SSSR count). The summed E-state index contributed by atoms with van der Waals surface area (Å²) in [5, 5.41) is 22.0. The summed E-state index contributed by atoms with van der Waals surface area (Å²) in [6.45, 7) is 0.965. The molecule has 0 bridgehead atoms. The first-order valence-corrected chi connectivity index (χ1v) is 9.53. The standard InChI is InChI=1S/C22H26N2O4/c1-23-21(27)19(25)20(26)22(28)24-12-10-16(11-13-24)18-9-5-8-17(14-18)15-6-3-2-4-7-15/h2-9,14,16,19-20,25-26H,10-13H2,1H3,(H,23,27). The van der Waals surface area contributed by atoms with E-state index in [1.807, 2.05) is 18.2 Å². The summed E-state index contributed by atoms with van der Waals surface area (Å²) in [6, 6.07) is 18.6. The molecule has 2 atom stereocenters. The lowest BCUT2D eigenvalue weighted by molar-refractivity contribution is -0.153. The predicted molar refractivity (Wildman–Crippen MR) is 107 cm³/mol.